The van der Waals surface area contributed by atoms with Crippen LogP contribution < -0.4 is 0 Å². The van der Waals surface area contributed by atoms with Gasteiger partial charge in [-0.15, -0.1) is 11.3 Å². The van der Waals surface area contributed by atoms with Crippen molar-refractivity contribution in [1.82, 2.24) is 0 Å². The number of hydrogen-bond donors (Lipinski definition) is 0. The molecule has 1 aromatic carbocycles. The first-order valence-corrected chi connectivity index (χ1v) is 8.15. The van der Waals surface area contributed by atoms with Crippen molar-refractivity contribution in [2.24, 2.45) is 16.7 Å². The number of carbonyl (C=O) groups excluding carboxylic acids is 1. The molecule has 0 unspecified atom stereocenters. The fraction of sp³-hybridized carbons (Fsp3) is 0.438. The van der Waals surface area contributed by atoms with E-state index < -0.39 is 0 Å². The topological polar surface area (TPSA) is 17.1 Å². The summed E-state index contributed by atoms with van der Waals surface area (Å²) in [5, 5.41) is 3.10. The van der Waals surface area contributed by atoms with Gasteiger partial charge in [-0.2, -0.15) is 0 Å². The van der Waals surface area contributed by atoms with Gasteiger partial charge in [0.1, 0.15) is 0 Å². The lowest BCUT2D eigenvalue weighted by atomic mass is 10.0. The van der Waals surface area contributed by atoms with E-state index in [9.17, 15) is 4.79 Å². The zero-order chi connectivity index (χ0) is 14.0. The SMILES string of the molecule is CC1(C)C(C(=O)c2csc3c(Br)cccc23)C1(C)C. The highest BCUT2D eigenvalue weighted by molar-refractivity contribution is 9.10. The molecule has 1 aliphatic rings. The largest absolute Gasteiger partial charge is 0.294 e. The van der Waals surface area contributed by atoms with Crippen molar-refractivity contribution in [2.75, 3.05) is 0 Å². The number of carbonyl (C=O) groups is 1. The smallest absolute Gasteiger partial charge is 0.168 e. The lowest BCUT2D eigenvalue weighted by molar-refractivity contribution is 0.0947. The minimum Gasteiger partial charge on any atom is -0.294 e. The molecule has 0 atom stereocenters. The van der Waals surface area contributed by atoms with Gasteiger partial charge in [0.15, 0.2) is 5.78 Å². The van der Waals surface area contributed by atoms with Crippen LogP contribution in [0.4, 0.5) is 0 Å². The van der Waals surface area contributed by atoms with Crippen LogP contribution in [0.2, 0.25) is 0 Å². The Hall–Kier alpha value is -0.670. The van der Waals surface area contributed by atoms with Crippen LogP contribution >= 0.6 is 27.3 Å². The number of Topliss-reactive ketones (excluding diaryl/α,β-unsaturated/α-hetero) is 1. The molecule has 19 heavy (non-hydrogen) atoms. The van der Waals surface area contributed by atoms with Crippen LogP contribution in [0.15, 0.2) is 28.1 Å². The highest BCUT2D eigenvalue weighted by Crippen LogP contribution is 2.69. The molecule has 1 fully saturated rings. The first-order chi connectivity index (χ1) is 8.78. The van der Waals surface area contributed by atoms with Crippen molar-refractivity contribution in [2.45, 2.75) is 27.7 Å². The van der Waals surface area contributed by atoms with E-state index in [-0.39, 0.29) is 16.7 Å². The molecule has 0 aliphatic heterocycles. The normalized spacial score (nSPS) is 20.7. The molecule has 0 bridgehead atoms. The minimum atomic E-state index is 0.102. The maximum Gasteiger partial charge on any atom is 0.168 e. The van der Waals surface area contributed by atoms with Gasteiger partial charge in [0, 0.05) is 31.4 Å². The van der Waals surface area contributed by atoms with Crippen LogP contribution in [0.5, 0.6) is 0 Å². The summed E-state index contributed by atoms with van der Waals surface area (Å²) in [6.07, 6.45) is 0. The van der Waals surface area contributed by atoms with Gasteiger partial charge in [-0.05, 0) is 32.8 Å². The monoisotopic (exact) mass is 336 g/mol. The predicted octanol–water partition coefficient (Wildman–Crippen LogP) is 5.53. The minimum absolute atomic E-state index is 0.102. The molecule has 0 saturated heterocycles. The van der Waals surface area contributed by atoms with E-state index in [2.05, 4.69) is 43.6 Å². The second kappa shape index (κ2) is 3.92. The number of fused-ring (bicyclic) bond motifs is 1. The first-order valence-electron chi connectivity index (χ1n) is 6.48. The molecule has 0 N–H and O–H groups in total. The van der Waals surface area contributed by atoms with Crippen molar-refractivity contribution in [3.05, 3.63) is 33.6 Å². The van der Waals surface area contributed by atoms with Crippen LogP contribution in [-0.2, 0) is 0 Å². The molecule has 0 radical (unpaired) electrons. The second-order valence-electron chi connectivity index (χ2n) is 6.51. The van der Waals surface area contributed by atoms with Crippen LogP contribution in [0.1, 0.15) is 38.1 Å². The number of thiophene rings is 1. The second-order valence-corrected chi connectivity index (χ2v) is 8.24. The standard InChI is InChI=1S/C16H17BrOS/c1-15(2)14(16(15,3)4)12(18)10-8-19-13-9(10)6-5-7-11(13)17/h5-8,14H,1-4H3. The van der Waals surface area contributed by atoms with Crippen molar-refractivity contribution in [3.63, 3.8) is 0 Å². The van der Waals surface area contributed by atoms with Gasteiger partial charge in [-0.1, -0.05) is 39.8 Å². The third kappa shape index (κ3) is 1.67. The van der Waals surface area contributed by atoms with E-state index in [1.54, 1.807) is 11.3 Å². The van der Waals surface area contributed by atoms with Crippen molar-refractivity contribution < 1.29 is 4.79 Å². The van der Waals surface area contributed by atoms with Crippen LogP contribution in [0.3, 0.4) is 0 Å². The van der Waals surface area contributed by atoms with E-state index >= 15 is 0 Å². The molecule has 100 valence electrons. The van der Waals surface area contributed by atoms with E-state index in [1.807, 2.05) is 23.6 Å². The molecule has 1 heterocycles. The molecule has 1 nitrogen and oxygen atoms in total. The van der Waals surface area contributed by atoms with E-state index in [4.69, 9.17) is 0 Å². The number of hydrogen-bond acceptors (Lipinski definition) is 2. The number of rotatable bonds is 2. The van der Waals surface area contributed by atoms with Crippen LogP contribution in [0, 0.1) is 16.7 Å². The van der Waals surface area contributed by atoms with Crippen molar-refractivity contribution in [1.29, 1.82) is 0 Å². The average Bonchev–Trinajstić information content (AvgIpc) is 2.66. The maximum atomic E-state index is 12.8. The zero-order valence-electron chi connectivity index (χ0n) is 11.6. The van der Waals surface area contributed by atoms with Gasteiger partial charge in [0.2, 0.25) is 0 Å². The third-order valence-electron chi connectivity index (χ3n) is 5.10. The zero-order valence-corrected chi connectivity index (χ0v) is 14.0. The van der Waals surface area contributed by atoms with Gasteiger partial charge < -0.3 is 0 Å². The Balaban J connectivity index is 2.08. The Bertz CT molecular complexity index is 667. The Morgan fingerprint density at radius 1 is 1.21 bits per heavy atom. The summed E-state index contributed by atoms with van der Waals surface area (Å²) in [7, 11) is 0. The first kappa shape index (κ1) is 13.3. The van der Waals surface area contributed by atoms with Gasteiger partial charge in [0.25, 0.3) is 0 Å². The molecule has 0 amide bonds. The fourth-order valence-corrected chi connectivity index (χ4v) is 4.83. The third-order valence-corrected chi connectivity index (χ3v) is 7.05. The lowest BCUT2D eigenvalue weighted by Crippen LogP contribution is -2.06. The summed E-state index contributed by atoms with van der Waals surface area (Å²) in [4.78, 5) is 12.8. The Morgan fingerprint density at radius 3 is 2.42 bits per heavy atom. The quantitative estimate of drug-likeness (QED) is 0.659. The van der Waals surface area contributed by atoms with Crippen molar-refractivity contribution >= 4 is 43.1 Å². The molecule has 1 aliphatic carbocycles. The molecule has 3 heteroatoms. The predicted molar refractivity (Wildman–Crippen MR) is 84.9 cm³/mol. The molecule has 1 saturated carbocycles. The number of benzene rings is 1. The van der Waals surface area contributed by atoms with Gasteiger partial charge in [0.05, 0.1) is 0 Å². The van der Waals surface area contributed by atoms with Gasteiger partial charge in [-0.25, -0.2) is 0 Å². The number of ketones is 1. The summed E-state index contributed by atoms with van der Waals surface area (Å²) in [6.45, 7) is 8.78. The maximum absolute atomic E-state index is 12.8. The summed E-state index contributed by atoms with van der Waals surface area (Å²) >= 11 is 5.20. The summed E-state index contributed by atoms with van der Waals surface area (Å²) < 4.78 is 2.24. The van der Waals surface area contributed by atoms with E-state index in [0.717, 1.165) is 15.4 Å². The molecule has 2 aromatic rings. The lowest BCUT2D eigenvalue weighted by Gasteiger charge is -2.03. The molecule has 0 spiro atoms. The summed E-state index contributed by atoms with van der Waals surface area (Å²) in [5.41, 5.74) is 1.10. The molecule has 1 aromatic heterocycles. The molecular formula is C16H17BrOS. The Kier molecular flexibility index (Phi) is 2.75. The van der Waals surface area contributed by atoms with E-state index in [1.165, 1.54) is 4.70 Å². The summed E-state index contributed by atoms with van der Waals surface area (Å²) in [5.74, 6) is 0.441. The van der Waals surface area contributed by atoms with Crippen LogP contribution in [-0.4, -0.2) is 5.78 Å². The van der Waals surface area contributed by atoms with Gasteiger partial charge >= 0.3 is 0 Å². The Morgan fingerprint density at radius 2 is 1.84 bits per heavy atom. The highest BCUT2D eigenvalue weighted by atomic mass is 79.9. The van der Waals surface area contributed by atoms with Crippen LogP contribution in [0.25, 0.3) is 10.1 Å². The average molecular weight is 337 g/mol. The summed E-state index contributed by atoms with van der Waals surface area (Å²) in [6, 6.07) is 6.07. The fourth-order valence-electron chi connectivity index (χ4n) is 3.22. The molecule has 3 rings (SSSR count). The van der Waals surface area contributed by atoms with E-state index in [0.29, 0.717) is 5.78 Å². The molecular weight excluding hydrogens is 320 g/mol. The highest BCUT2D eigenvalue weighted by Gasteiger charge is 2.68. The van der Waals surface area contributed by atoms with Crippen molar-refractivity contribution in [3.8, 4) is 0 Å². The number of halogens is 1. The Labute approximate surface area is 126 Å². The van der Waals surface area contributed by atoms with Gasteiger partial charge in [-0.3, -0.25) is 4.79 Å².